The Morgan fingerprint density at radius 1 is 1.00 bits per heavy atom. The molecule has 4 rings (SSSR count). The van der Waals surface area contributed by atoms with Crippen molar-refractivity contribution in [2.24, 2.45) is 23.2 Å². The molecule has 148 valence electrons. The SMILES string of the molecule is CC(NC(=O)NCCNC(=O)OC(C)(C)C)C12CC3CC(CC(C3)C1)C2. The van der Waals surface area contributed by atoms with E-state index in [4.69, 9.17) is 4.74 Å². The average Bonchev–Trinajstić information content (AvgIpc) is 2.48. The molecule has 4 saturated carbocycles. The highest BCUT2D eigenvalue weighted by molar-refractivity contribution is 5.74. The molecule has 4 aliphatic rings. The first-order valence-electron chi connectivity index (χ1n) is 10.2. The average molecular weight is 366 g/mol. The fourth-order valence-electron chi connectivity index (χ4n) is 5.76. The van der Waals surface area contributed by atoms with Gasteiger partial charge in [-0.15, -0.1) is 0 Å². The van der Waals surface area contributed by atoms with Crippen molar-refractivity contribution in [3.05, 3.63) is 0 Å². The van der Waals surface area contributed by atoms with E-state index < -0.39 is 11.7 Å². The summed E-state index contributed by atoms with van der Waals surface area (Å²) in [7, 11) is 0. The minimum absolute atomic E-state index is 0.140. The van der Waals surface area contributed by atoms with Crippen LogP contribution < -0.4 is 16.0 Å². The largest absolute Gasteiger partial charge is 0.444 e. The molecule has 0 aromatic rings. The number of urea groups is 1. The first-order chi connectivity index (χ1) is 12.2. The molecule has 4 bridgehead atoms. The minimum Gasteiger partial charge on any atom is -0.444 e. The predicted molar refractivity (Wildman–Crippen MR) is 101 cm³/mol. The Morgan fingerprint density at radius 3 is 2.00 bits per heavy atom. The number of hydrogen-bond acceptors (Lipinski definition) is 3. The van der Waals surface area contributed by atoms with Gasteiger partial charge in [0.1, 0.15) is 5.60 Å². The molecule has 0 aliphatic heterocycles. The van der Waals surface area contributed by atoms with Gasteiger partial charge >= 0.3 is 12.1 Å². The molecule has 6 nitrogen and oxygen atoms in total. The number of nitrogens with one attached hydrogen (secondary N) is 3. The third kappa shape index (κ3) is 4.63. The highest BCUT2D eigenvalue weighted by Gasteiger charge is 2.53. The zero-order valence-electron chi connectivity index (χ0n) is 16.7. The second kappa shape index (κ2) is 7.28. The van der Waals surface area contributed by atoms with Crippen LogP contribution in [0.2, 0.25) is 0 Å². The summed E-state index contributed by atoms with van der Waals surface area (Å²) >= 11 is 0. The lowest BCUT2D eigenvalue weighted by Gasteiger charge is -2.59. The Balaban J connectivity index is 1.38. The van der Waals surface area contributed by atoms with Crippen LogP contribution in [0.25, 0.3) is 0 Å². The lowest BCUT2D eigenvalue weighted by atomic mass is 9.48. The number of rotatable bonds is 5. The van der Waals surface area contributed by atoms with Crippen molar-refractivity contribution in [2.45, 2.75) is 77.9 Å². The summed E-state index contributed by atoms with van der Waals surface area (Å²) in [6.07, 6.45) is 7.61. The van der Waals surface area contributed by atoms with Crippen molar-refractivity contribution < 1.29 is 14.3 Å². The molecule has 4 fully saturated rings. The van der Waals surface area contributed by atoms with Gasteiger partial charge in [-0.3, -0.25) is 0 Å². The third-order valence-electron chi connectivity index (χ3n) is 6.43. The molecule has 1 atom stereocenters. The maximum Gasteiger partial charge on any atom is 0.407 e. The normalized spacial score (nSPS) is 33.5. The Kier molecular flexibility index (Phi) is 5.40. The van der Waals surface area contributed by atoms with E-state index in [0.29, 0.717) is 18.5 Å². The first-order valence-corrected chi connectivity index (χ1v) is 10.2. The van der Waals surface area contributed by atoms with Crippen LogP contribution in [0.3, 0.4) is 0 Å². The van der Waals surface area contributed by atoms with Crippen LogP contribution in [0.15, 0.2) is 0 Å². The quantitative estimate of drug-likeness (QED) is 0.653. The second-order valence-corrected chi connectivity index (χ2v) is 9.83. The molecular weight excluding hydrogens is 330 g/mol. The fraction of sp³-hybridized carbons (Fsp3) is 0.900. The Hall–Kier alpha value is -1.46. The lowest BCUT2D eigenvalue weighted by Crippen LogP contribution is -2.57. The standard InChI is InChI=1S/C20H35N3O3/c1-13(20-10-14-7-15(11-20)9-16(8-14)12-20)23-17(24)21-5-6-22-18(25)26-19(2,3)4/h13-16H,5-12H2,1-4H3,(H,22,25)(H2,21,23,24). The smallest absolute Gasteiger partial charge is 0.407 e. The van der Waals surface area contributed by atoms with Gasteiger partial charge in [-0.05, 0) is 89.4 Å². The summed E-state index contributed by atoms with van der Waals surface area (Å²) in [5, 5.41) is 8.67. The van der Waals surface area contributed by atoms with E-state index >= 15 is 0 Å². The van der Waals surface area contributed by atoms with Crippen LogP contribution in [0.1, 0.15) is 66.2 Å². The van der Waals surface area contributed by atoms with E-state index in [1.54, 1.807) is 0 Å². The number of carbonyl (C=O) groups is 2. The van der Waals surface area contributed by atoms with Crippen molar-refractivity contribution in [1.82, 2.24) is 16.0 Å². The molecule has 4 aliphatic carbocycles. The summed E-state index contributed by atoms with van der Waals surface area (Å²) in [6, 6.07) is 0.0638. The third-order valence-corrected chi connectivity index (χ3v) is 6.43. The number of alkyl carbamates (subject to hydrolysis) is 1. The minimum atomic E-state index is -0.512. The van der Waals surface area contributed by atoms with Crippen molar-refractivity contribution >= 4 is 12.1 Å². The summed E-state index contributed by atoms with van der Waals surface area (Å²) in [6.45, 7) is 8.39. The number of carbonyl (C=O) groups excluding carboxylic acids is 2. The van der Waals surface area contributed by atoms with Gasteiger partial charge in [0.15, 0.2) is 0 Å². The summed E-state index contributed by atoms with van der Waals surface area (Å²) in [5.74, 6) is 2.64. The topological polar surface area (TPSA) is 79.5 Å². The van der Waals surface area contributed by atoms with E-state index in [9.17, 15) is 9.59 Å². The Bertz CT molecular complexity index is 506. The molecule has 3 amide bonds. The maximum absolute atomic E-state index is 12.3. The Labute approximate surface area is 157 Å². The van der Waals surface area contributed by atoms with Crippen LogP contribution in [0.4, 0.5) is 9.59 Å². The molecule has 0 aromatic carbocycles. The number of ether oxygens (including phenoxy) is 1. The van der Waals surface area contributed by atoms with Gasteiger partial charge in [0, 0.05) is 19.1 Å². The zero-order chi connectivity index (χ0) is 18.9. The van der Waals surface area contributed by atoms with E-state index in [1.165, 1.54) is 38.5 Å². The van der Waals surface area contributed by atoms with Crippen LogP contribution in [-0.4, -0.2) is 36.9 Å². The van der Waals surface area contributed by atoms with Crippen molar-refractivity contribution in [3.63, 3.8) is 0 Å². The number of amides is 3. The predicted octanol–water partition coefficient (Wildman–Crippen LogP) is 3.42. The second-order valence-electron chi connectivity index (χ2n) is 9.83. The summed E-state index contributed by atoms with van der Waals surface area (Å²) in [4.78, 5) is 23.8. The van der Waals surface area contributed by atoms with Gasteiger partial charge in [0.25, 0.3) is 0 Å². The van der Waals surface area contributed by atoms with Crippen molar-refractivity contribution in [1.29, 1.82) is 0 Å². The summed E-state index contributed by atoms with van der Waals surface area (Å²) in [5.41, 5.74) is -0.205. The van der Waals surface area contributed by atoms with Gasteiger partial charge in [0.2, 0.25) is 0 Å². The van der Waals surface area contributed by atoms with E-state index in [0.717, 1.165) is 17.8 Å². The molecule has 0 aromatic heterocycles. The molecule has 1 unspecified atom stereocenters. The van der Waals surface area contributed by atoms with Crippen LogP contribution in [-0.2, 0) is 4.74 Å². The van der Waals surface area contributed by atoms with Crippen LogP contribution in [0.5, 0.6) is 0 Å². The molecule has 0 heterocycles. The van der Waals surface area contributed by atoms with Crippen LogP contribution in [0, 0.1) is 23.2 Å². The molecule has 3 N–H and O–H groups in total. The molecule has 0 spiro atoms. The van der Waals surface area contributed by atoms with Gasteiger partial charge in [-0.1, -0.05) is 0 Å². The van der Waals surface area contributed by atoms with Crippen molar-refractivity contribution in [2.75, 3.05) is 13.1 Å². The maximum atomic E-state index is 12.3. The molecule has 26 heavy (non-hydrogen) atoms. The fourth-order valence-corrected chi connectivity index (χ4v) is 5.76. The van der Waals surface area contributed by atoms with E-state index in [-0.39, 0.29) is 12.1 Å². The molecule has 6 heteroatoms. The van der Waals surface area contributed by atoms with E-state index in [2.05, 4.69) is 22.9 Å². The summed E-state index contributed by atoms with van der Waals surface area (Å²) < 4.78 is 5.17. The zero-order valence-corrected chi connectivity index (χ0v) is 16.7. The molecule has 0 radical (unpaired) electrons. The first kappa shape index (κ1) is 19.3. The Morgan fingerprint density at radius 2 is 1.50 bits per heavy atom. The number of hydrogen-bond donors (Lipinski definition) is 3. The van der Waals surface area contributed by atoms with Gasteiger partial charge in [-0.25, -0.2) is 9.59 Å². The highest BCUT2D eigenvalue weighted by Crippen LogP contribution is 2.61. The van der Waals surface area contributed by atoms with Crippen molar-refractivity contribution in [3.8, 4) is 0 Å². The van der Waals surface area contributed by atoms with E-state index in [1.807, 2.05) is 20.8 Å². The van der Waals surface area contributed by atoms with Gasteiger partial charge in [-0.2, -0.15) is 0 Å². The molecular formula is C20H35N3O3. The monoisotopic (exact) mass is 365 g/mol. The van der Waals surface area contributed by atoms with Crippen LogP contribution >= 0.6 is 0 Å². The molecule has 0 saturated heterocycles. The lowest BCUT2D eigenvalue weighted by molar-refractivity contribution is -0.0682. The van der Waals surface area contributed by atoms with Gasteiger partial charge < -0.3 is 20.7 Å². The van der Waals surface area contributed by atoms with Gasteiger partial charge in [0.05, 0.1) is 0 Å². The highest BCUT2D eigenvalue weighted by atomic mass is 16.6.